The third-order valence-corrected chi connectivity index (χ3v) is 5.02. The van der Waals surface area contributed by atoms with Gasteiger partial charge in [-0.05, 0) is 75.8 Å². The van der Waals surface area contributed by atoms with Crippen LogP contribution in [0, 0.1) is 17.8 Å². The molecule has 0 radical (unpaired) electrons. The van der Waals surface area contributed by atoms with Crippen molar-refractivity contribution < 1.29 is 0 Å². The van der Waals surface area contributed by atoms with E-state index in [-0.39, 0.29) is 5.54 Å². The minimum atomic E-state index is 0.203. The number of hydrogen-bond donors (Lipinski definition) is 1. The van der Waals surface area contributed by atoms with Gasteiger partial charge < -0.3 is 5.32 Å². The molecule has 1 fully saturated rings. The standard InChI is InChI=1S/C18H33N3/c1-13(2)14-7-8-15(10-19-18(3,4)5)17(9-14)16-11-20-21(6)12-16/h11-15,17,19H,7-10H2,1-6H3. The van der Waals surface area contributed by atoms with Crippen molar-refractivity contribution in [1.82, 2.24) is 15.1 Å². The van der Waals surface area contributed by atoms with Gasteiger partial charge in [0, 0.05) is 18.8 Å². The van der Waals surface area contributed by atoms with E-state index < -0.39 is 0 Å². The summed E-state index contributed by atoms with van der Waals surface area (Å²) in [6.07, 6.45) is 8.34. The molecule has 1 saturated carbocycles. The molecule has 3 heteroatoms. The SMILES string of the molecule is CC(C)C1CCC(CNC(C)(C)C)C(c2cnn(C)c2)C1. The van der Waals surface area contributed by atoms with Crippen molar-refractivity contribution in [3.05, 3.63) is 18.0 Å². The third kappa shape index (κ3) is 4.57. The topological polar surface area (TPSA) is 29.9 Å². The Morgan fingerprint density at radius 1 is 1.33 bits per heavy atom. The average Bonchev–Trinajstić information content (AvgIpc) is 2.81. The quantitative estimate of drug-likeness (QED) is 0.910. The van der Waals surface area contributed by atoms with Crippen molar-refractivity contribution in [3.63, 3.8) is 0 Å². The number of nitrogens with zero attached hydrogens (tertiary/aromatic N) is 2. The Labute approximate surface area is 130 Å². The summed E-state index contributed by atoms with van der Waals surface area (Å²) >= 11 is 0. The molecule has 0 aromatic carbocycles. The maximum absolute atomic E-state index is 4.40. The number of aromatic nitrogens is 2. The number of rotatable bonds is 4. The fourth-order valence-corrected chi connectivity index (χ4v) is 3.59. The number of nitrogens with one attached hydrogen (secondary N) is 1. The highest BCUT2D eigenvalue weighted by atomic mass is 15.2. The molecule has 1 N–H and O–H groups in total. The average molecular weight is 291 g/mol. The summed E-state index contributed by atoms with van der Waals surface area (Å²) in [4.78, 5) is 0. The minimum Gasteiger partial charge on any atom is -0.312 e. The van der Waals surface area contributed by atoms with Crippen molar-refractivity contribution in [2.24, 2.45) is 24.8 Å². The molecule has 3 atom stereocenters. The van der Waals surface area contributed by atoms with Crippen LogP contribution >= 0.6 is 0 Å². The van der Waals surface area contributed by atoms with Crippen LogP contribution < -0.4 is 5.32 Å². The maximum atomic E-state index is 4.40. The highest BCUT2D eigenvalue weighted by Gasteiger charge is 2.33. The Bertz CT molecular complexity index is 442. The zero-order valence-corrected chi connectivity index (χ0v) is 14.7. The van der Waals surface area contributed by atoms with Crippen molar-refractivity contribution in [2.45, 2.75) is 65.3 Å². The van der Waals surface area contributed by atoms with E-state index in [1.807, 2.05) is 11.7 Å². The molecule has 0 aliphatic heterocycles. The summed E-state index contributed by atoms with van der Waals surface area (Å²) in [6, 6.07) is 0. The predicted molar refractivity (Wildman–Crippen MR) is 89.4 cm³/mol. The lowest BCUT2D eigenvalue weighted by molar-refractivity contribution is 0.182. The van der Waals surface area contributed by atoms with Gasteiger partial charge in [0.2, 0.25) is 0 Å². The lowest BCUT2D eigenvalue weighted by atomic mass is 9.68. The van der Waals surface area contributed by atoms with Crippen molar-refractivity contribution in [2.75, 3.05) is 6.54 Å². The van der Waals surface area contributed by atoms with Crippen LogP contribution in [0.4, 0.5) is 0 Å². The summed E-state index contributed by atoms with van der Waals surface area (Å²) in [5.74, 6) is 3.06. The zero-order chi connectivity index (χ0) is 15.6. The molecule has 21 heavy (non-hydrogen) atoms. The normalized spacial score (nSPS) is 27.3. The zero-order valence-electron chi connectivity index (χ0n) is 14.7. The molecule has 1 aliphatic rings. The Morgan fingerprint density at radius 3 is 2.57 bits per heavy atom. The van der Waals surface area contributed by atoms with Gasteiger partial charge >= 0.3 is 0 Å². The van der Waals surface area contributed by atoms with E-state index in [0.29, 0.717) is 5.92 Å². The molecule has 1 aromatic rings. The fraction of sp³-hybridized carbons (Fsp3) is 0.833. The van der Waals surface area contributed by atoms with Gasteiger partial charge in [0.15, 0.2) is 0 Å². The Hall–Kier alpha value is -0.830. The van der Waals surface area contributed by atoms with E-state index in [2.05, 4.69) is 57.4 Å². The Kier molecular flexibility index (Phi) is 5.13. The molecular weight excluding hydrogens is 258 g/mol. The molecule has 0 bridgehead atoms. The minimum absolute atomic E-state index is 0.203. The predicted octanol–water partition coefficient (Wildman–Crippen LogP) is 3.96. The molecule has 120 valence electrons. The van der Waals surface area contributed by atoms with Crippen LogP contribution in [-0.2, 0) is 7.05 Å². The largest absolute Gasteiger partial charge is 0.312 e. The smallest absolute Gasteiger partial charge is 0.0524 e. The van der Waals surface area contributed by atoms with E-state index in [9.17, 15) is 0 Å². The van der Waals surface area contributed by atoms with Crippen LogP contribution in [0.5, 0.6) is 0 Å². The van der Waals surface area contributed by atoms with Crippen molar-refractivity contribution in [3.8, 4) is 0 Å². The first-order chi connectivity index (χ1) is 9.76. The van der Waals surface area contributed by atoms with Gasteiger partial charge in [-0.15, -0.1) is 0 Å². The van der Waals surface area contributed by atoms with E-state index in [0.717, 1.165) is 24.3 Å². The van der Waals surface area contributed by atoms with Gasteiger partial charge in [0.25, 0.3) is 0 Å². The van der Waals surface area contributed by atoms with Gasteiger partial charge in [0.05, 0.1) is 6.20 Å². The number of aryl methyl sites for hydroxylation is 1. The van der Waals surface area contributed by atoms with Crippen LogP contribution in [0.3, 0.4) is 0 Å². The second-order valence-electron chi connectivity index (χ2n) is 8.26. The van der Waals surface area contributed by atoms with Crippen LogP contribution in [-0.4, -0.2) is 21.9 Å². The highest BCUT2D eigenvalue weighted by Crippen LogP contribution is 2.42. The molecule has 3 unspecified atom stereocenters. The Morgan fingerprint density at radius 2 is 2.05 bits per heavy atom. The van der Waals surface area contributed by atoms with Crippen LogP contribution in [0.25, 0.3) is 0 Å². The third-order valence-electron chi connectivity index (χ3n) is 5.02. The van der Waals surface area contributed by atoms with E-state index in [1.165, 1.54) is 24.8 Å². The fourth-order valence-electron chi connectivity index (χ4n) is 3.59. The van der Waals surface area contributed by atoms with Gasteiger partial charge in [0.1, 0.15) is 0 Å². The monoisotopic (exact) mass is 291 g/mol. The number of hydrogen-bond acceptors (Lipinski definition) is 2. The first-order valence-corrected chi connectivity index (χ1v) is 8.50. The van der Waals surface area contributed by atoms with Gasteiger partial charge in [-0.3, -0.25) is 4.68 Å². The van der Waals surface area contributed by atoms with Gasteiger partial charge in [-0.25, -0.2) is 0 Å². The van der Waals surface area contributed by atoms with E-state index in [4.69, 9.17) is 0 Å². The molecule has 1 aliphatic carbocycles. The second kappa shape index (κ2) is 6.51. The summed E-state index contributed by atoms with van der Waals surface area (Å²) in [6.45, 7) is 12.6. The molecular formula is C18H33N3. The van der Waals surface area contributed by atoms with Crippen LogP contribution in [0.15, 0.2) is 12.4 Å². The van der Waals surface area contributed by atoms with Crippen molar-refractivity contribution >= 4 is 0 Å². The van der Waals surface area contributed by atoms with E-state index >= 15 is 0 Å². The maximum Gasteiger partial charge on any atom is 0.0524 e. The first-order valence-electron chi connectivity index (χ1n) is 8.50. The van der Waals surface area contributed by atoms with E-state index in [1.54, 1.807) is 0 Å². The Balaban J connectivity index is 2.10. The van der Waals surface area contributed by atoms with Crippen LogP contribution in [0.2, 0.25) is 0 Å². The van der Waals surface area contributed by atoms with Crippen LogP contribution in [0.1, 0.15) is 65.4 Å². The lowest BCUT2D eigenvalue weighted by Gasteiger charge is -2.39. The second-order valence-corrected chi connectivity index (χ2v) is 8.26. The summed E-state index contributed by atoms with van der Waals surface area (Å²) in [5, 5.41) is 8.12. The molecule has 1 aromatic heterocycles. The summed E-state index contributed by atoms with van der Waals surface area (Å²) < 4.78 is 1.95. The molecule has 0 spiro atoms. The van der Waals surface area contributed by atoms with Crippen molar-refractivity contribution in [1.29, 1.82) is 0 Å². The molecule has 1 heterocycles. The molecule has 0 saturated heterocycles. The molecule has 3 nitrogen and oxygen atoms in total. The summed E-state index contributed by atoms with van der Waals surface area (Å²) in [5.41, 5.74) is 1.64. The molecule has 0 amide bonds. The summed E-state index contributed by atoms with van der Waals surface area (Å²) in [7, 11) is 2.02. The lowest BCUT2D eigenvalue weighted by Crippen LogP contribution is -2.42. The molecule has 2 rings (SSSR count). The van der Waals surface area contributed by atoms with Gasteiger partial charge in [-0.1, -0.05) is 13.8 Å². The first kappa shape index (κ1) is 16.5. The van der Waals surface area contributed by atoms with Gasteiger partial charge in [-0.2, -0.15) is 5.10 Å². The highest BCUT2D eigenvalue weighted by molar-refractivity contribution is 5.14.